The Morgan fingerprint density at radius 2 is 0.833 bits per heavy atom. The maximum absolute atomic E-state index is 13.1. The molecule has 0 N–H and O–H groups in total. The Kier molecular flexibility index (Phi) is 32.1. The van der Waals surface area contributed by atoms with E-state index in [0.29, 0.717) is 13.0 Å². The number of esters is 5. The van der Waals surface area contributed by atoms with Gasteiger partial charge in [-0.1, -0.05) is 163 Å². The lowest BCUT2D eigenvalue weighted by molar-refractivity contribution is -0.181. The molecule has 0 heterocycles. The Morgan fingerprint density at radius 1 is 0.450 bits per heavy atom. The zero-order chi connectivity index (χ0) is 44.5. The number of carbonyl (C=O) groups is 5. The first-order chi connectivity index (χ1) is 28.8. The lowest BCUT2D eigenvalue weighted by Gasteiger charge is -2.27. The normalized spacial score (nSPS) is 19.3. The Hall–Kier alpha value is -2.73. The van der Waals surface area contributed by atoms with E-state index in [1.807, 2.05) is 0 Å². The van der Waals surface area contributed by atoms with Crippen molar-refractivity contribution in [3.05, 3.63) is 0 Å². The molecule has 0 radical (unpaired) electrons. The number of ether oxygens (including phenoxy) is 7. The molecule has 1 aliphatic rings. The maximum atomic E-state index is 13.1. The summed E-state index contributed by atoms with van der Waals surface area (Å²) in [5.74, 6) is -1.64. The lowest BCUT2D eigenvalue weighted by atomic mass is 9.96. The van der Waals surface area contributed by atoms with Crippen LogP contribution in [-0.4, -0.2) is 86.3 Å². The zero-order valence-electron chi connectivity index (χ0n) is 39.1. The predicted molar refractivity (Wildman–Crippen MR) is 233 cm³/mol. The number of rotatable bonds is 37. The van der Waals surface area contributed by atoms with Crippen LogP contribution in [0.25, 0.3) is 0 Å². The van der Waals surface area contributed by atoms with E-state index in [4.69, 9.17) is 33.2 Å². The summed E-state index contributed by atoms with van der Waals surface area (Å²) < 4.78 is 40.1. The summed E-state index contributed by atoms with van der Waals surface area (Å²) in [5, 5.41) is 0. The molecule has 2 unspecified atom stereocenters. The molecule has 1 rings (SSSR count). The second-order valence-corrected chi connectivity index (χ2v) is 17.4. The number of unbranched alkanes of at least 4 members (excludes halogenated alkanes) is 16. The van der Waals surface area contributed by atoms with Crippen molar-refractivity contribution in [1.29, 1.82) is 0 Å². The van der Waals surface area contributed by atoms with Crippen LogP contribution in [0.15, 0.2) is 0 Å². The molecular weight excluding hydrogens is 769 g/mol. The van der Waals surface area contributed by atoms with Crippen LogP contribution in [0, 0.1) is 11.8 Å². The van der Waals surface area contributed by atoms with Crippen molar-refractivity contribution in [2.45, 2.75) is 246 Å². The average Bonchev–Trinajstić information content (AvgIpc) is 3.42. The number of hydrogen-bond acceptors (Lipinski definition) is 12. The SMILES string of the molecule is CCCCCCC(C)CCCCCCCCCOC[C@@H](COC1[C@@H](OC(C)=O)[C@H](OC(C)=O)[C@@H](OC(C)=O)[C@@H]1OC(C)=O)OC(=O)CCCCCCCCCCC(C)CC. The van der Waals surface area contributed by atoms with Crippen LogP contribution in [0.2, 0.25) is 0 Å². The van der Waals surface area contributed by atoms with Gasteiger partial charge in [-0.15, -0.1) is 0 Å². The fraction of sp³-hybridized carbons (Fsp3) is 0.896. The molecular formula is C48H86O12. The minimum absolute atomic E-state index is 0.0589. The molecule has 0 saturated heterocycles. The van der Waals surface area contributed by atoms with Crippen molar-refractivity contribution in [1.82, 2.24) is 0 Å². The molecule has 60 heavy (non-hydrogen) atoms. The standard InChI is InChI=1S/C48H86O12/c1-9-11-12-24-30-37(4)31-26-21-17-15-19-23-28-33-54-34-42(60-43(53)32-27-22-18-14-13-16-20-25-29-36(3)10-2)35-55-44-45(56-38(5)49)47(58-40(7)51)48(59-41(8)52)46(44)57-39(6)50/h36-37,42,44-48H,9-35H2,1-8H3/t36?,37?,42-,45+,46+,47-,48-/m0/s1. The summed E-state index contributed by atoms with van der Waals surface area (Å²) >= 11 is 0. The highest BCUT2D eigenvalue weighted by atomic mass is 16.7. The molecule has 0 amide bonds. The third-order valence-corrected chi connectivity index (χ3v) is 11.5. The molecule has 1 fully saturated rings. The van der Waals surface area contributed by atoms with Gasteiger partial charge in [0.05, 0.1) is 13.2 Å². The van der Waals surface area contributed by atoms with Crippen LogP contribution < -0.4 is 0 Å². The Balaban J connectivity index is 2.78. The lowest BCUT2D eigenvalue weighted by Crippen LogP contribution is -2.43. The topological polar surface area (TPSA) is 150 Å². The molecule has 12 nitrogen and oxygen atoms in total. The van der Waals surface area contributed by atoms with Crippen LogP contribution in [0.4, 0.5) is 0 Å². The van der Waals surface area contributed by atoms with Crippen LogP contribution in [0.1, 0.15) is 209 Å². The third-order valence-electron chi connectivity index (χ3n) is 11.5. The van der Waals surface area contributed by atoms with Crippen molar-refractivity contribution in [3.8, 4) is 0 Å². The molecule has 0 spiro atoms. The number of hydrogen-bond donors (Lipinski definition) is 0. The van der Waals surface area contributed by atoms with E-state index in [0.717, 1.165) is 64.2 Å². The van der Waals surface area contributed by atoms with Crippen LogP contribution in [0.5, 0.6) is 0 Å². The monoisotopic (exact) mass is 855 g/mol. The van der Waals surface area contributed by atoms with Crippen LogP contribution >= 0.6 is 0 Å². The van der Waals surface area contributed by atoms with Crippen LogP contribution in [0.3, 0.4) is 0 Å². The van der Waals surface area contributed by atoms with Gasteiger partial charge >= 0.3 is 29.8 Å². The van der Waals surface area contributed by atoms with E-state index in [-0.39, 0.29) is 25.6 Å². The predicted octanol–water partition coefficient (Wildman–Crippen LogP) is 10.7. The largest absolute Gasteiger partial charge is 0.457 e. The van der Waals surface area contributed by atoms with Gasteiger partial charge in [-0.05, 0) is 24.7 Å². The minimum Gasteiger partial charge on any atom is -0.457 e. The molecule has 12 heteroatoms. The average molecular weight is 855 g/mol. The zero-order valence-corrected chi connectivity index (χ0v) is 39.1. The van der Waals surface area contributed by atoms with Crippen molar-refractivity contribution >= 4 is 29.8 Å². The van der Waals surface area contributed by atoms with Gasteiger partial charge in [-0.25, -0.2) is 0 Å². The highest BCUT2D eigenvalue weighted by Crippen LogP contribution is 2.34. The van der Waals surface area contributed by atoms with E-state index in [2.05, 4.69) is 27.7 Å². The highest BCUT2D eigenvalue weighted by molar-refractivity contribution is 5.70. The van der Waals surface area contributed by atoms with E-state index >= 15 is 0 Å². The van der Waals surface area contributed by atoms with Gasteiger partial charge < -0.3 is 33.2 Å². The summed E-state index contributed by atoms with van der Waals surface area (Å²) in [4.78, 5) is 61.8. The van der Waals surface area contributed by atoms with Crippen molar-refractivity contribution < 1.29 is 57.1 Å². The maximum Gasteiger partial charge on any atom is 0.306 e. The summed E-state index contributed by atoms with van der Waals surface area (Å²) in [6.45, 7) is 14.2. The summed E-state index contributed by atoms with van der Waals surface area (Å²) in [6.07, 6.45) is 20.5. The van der Waals surface area contributed by atoms with E-state index < -0.39 is 60.5 Å². The number of carbonyl (C=O) groups excluding carboxylic acids is 5. The second-order valence-electron chi connectivity index (χ2n) is 17.4. The smallest absolute Gasteiger partial charge is 0.306 e. The van der Waals surface area contributed by atoms with Gasteiger partial charge in [0, 0.05) is 40.7 Å². The van der Waals surface area contributed by atoms with Gasteiger partial charge in [0.25, 0.3) is 0 Å². The minimum atomic E-state index is -1.32. The van der Waals surface area contributed by atoms with Crippen LogP contribution in [-0.2, 0) is 57.1 Å². The van der Waals surface area contributed by atoms with Gasteiger partial charge in [0.15, 0.2) is 24.4 Å². The fourth-order valence-electron chi connectivity index (χ4n) is 7.89. The molecule has 7 atom stereocenters. The van der Waals surface area contributed by atoms with Crippen molar-refractivity contribution in [3.63, 3.8) is 0 Å². The molecule has 0 bridgehead atoms. The third kappa shape index (κ3) is 27.3. The van der Waals surface area contributed by atoms with E-state index in [1.54, 1.807) is 0 Å². The summed E-state index contributed by atoms with van der Waals surface area (Å²) in [6, 6.07) is 0. The Labute approximate surface area is 363 Å². The second kappa shape index (κ2) is 34.8. The summed E-state index contributed by atoms with van der Waals surface area (Å²) in [7, 11) is 0. The molecule has 0 aliphatic heterocycles. The Bertz CT molecular complexity index is 1120. The van der Waals surface area contributed by atoms with Gasteiger partial charge in [0.2, 0.25) is 0 Å². The van der Waals surface area contributed by atoms with Gasteiger partial charge in [0.1, 0.15) is 12.2 Å². The first-order valence-corrected chi connectivity index (χ1v) is 23.9. The molecule has 0 aromatic heterocycles. The molecule has 350 valence electrons. The fourth-order valence-corrected chi connectivity index (χ4v) is 7.89. The molecule has 1 aliphatic carbocycles. The first-order valence-electron chi connectivity index (χ1n) is 23.9. The van der Waals surface area contributed by atoms with E-state index in [9.17, 15) is 24.0 Å². The molecule has 1 saturated carbocycles. The van der Waals surface area contributed by atoms with Gasteiger partial charge in [-0.3, -0.25) is 24.0 Å². The van der Waals surface area contributed by atoms with E-state index in [1.165, 1.54) is 117 Å². The van der Waals surface area contributed by atoms with Gasteiger partial charge in [-0.2, -0.15) is 0 Å². The highest BCUT2D eigenvalue weighted by Gasteiger charge is 2.59. The van der Waals surface area contributed by atoms with Crippen molar-refractivity contribution in [2.24, 2.45) is 11.8 Å². The first kappa shape index (κ1) is 55.3. The van der Waals surface area contributed by atoms with Crippen molar-refractivity contribution in [2.75, 3.05) is 19.8 Å². The Morgan fingerprint density at radius 3 is 1.27 bits per heavy atom. The summed E-state index contributed by atoms with van der Waals surface area (Å²) in [5.41, 5.74) is 0. The molecule has 0 aromatic rings. The molecule has 0 aromatic carbocycles. The quantitative estimate of drug-likeness (QED) is 0.0332.